The number of likely N-dealkylation sites (tertiary alicyclic amines) is 1. The highest BCUT2D eigenvalue weighted by Gasteiger charge is 2.48. The largest absolute Gasteiger partial charge is 0.349 e. The first-order valence-corrected chi connectivity index (χ1v) is 18.2. The van der Waals surface area contributed by atoms with E-state index >= 15 is 4.39 Å². The van der Waals surface area contributed by atoms with Crippen LogP contribution in [0, 0.1) is 0 Å². The molecule has 42 heavy (non-hydrogen) atoms. The maximum atomic E-state index is 15.8. The van der Waals surface area contributed by atoms with E-state index in [4.69, 9.17) is 15.2 Å². The van der Waals surface area contributed by atoms with Crippen LogP contribution in [-0.2, 0) is 18.6 Å². The fraction of sp³-hybridized carbons (Fsp3) is 0.821. The number of piperidine rings is 1. The topological polar surface area (TPSA) is 106 Å². The molecule has 0 aliphatic carbocycles. The third-order valence-electron chi connectivity index (χ3n) is 7.10. The van der Waals surface area contributed by atoms with Gasteiger partial charge in [0.1, 0.15) is 6.10 Å². The molecule has 1 aromatic rings. The lowest BCUT2D eigenvalue weighted by molar-refractivity contribution is -0.133. The molecule has 2 aliphatic heterocycles. The van der Waals surface area contributed by atoms with Crippen LogP contribution in [0.1, 0.15) is 88.1 Å². The molecular weight excluding hydrogens is 602 g/mol. The number of rotatable bonds is 15. The maximum absolute atomic E-state index is 15.8. The number of halogens is 1. The summed E-state index contributed by atoms with van der Waals surface area (Å²) in [4.78, 5) is 40.9. The molecule has 5 atom stereocenters. The molecule has 1 amide bonds. The normalized spacial score (nSPS) is 24.5. The van der Waals surface area contributed by atoms with E-state index in [1.807, 2.05) is 46.4 Å². The van der Waals surface area contributed by atoms with Gasteiger partial charge in [-0.05, 0) is 80.5 Å². The zero-order chi connectivity index (χ0) is 31.7. The van der Waals surface area contributed by atoms with Gasteiger partial charge < -0.3 is 18.7 Å². The van der Waals surface area contributed by atoms with Gasteiger partial charge in [0.2, 0.25) is 5.91 Å². The molecule has 1 N–H and O–H groups in total. The smallest absolute Gasteiger partial charge is 0.330 e. The summed E-state index contributed by atoms with van der Waals surface area (Å²) in [5, 5.41) is 0. The molecular formula is C28H48FN4O6PS2. The molecule has 0 aromatic carbocycles. The second kappa shape index (κ2) is 16.4. The van der Waals surface area contributed by atoms with E-state index in [9.17, 15) is 14.4 Å². The van der Waals surface area contributed by atoms with Crippen LogP contribution >= 0.6 is 30.1 Å². The molecule has 1 aromatic heterocycles. The SMILES string of the molecule is [2H]CC1OC(n2ccc(=O)[nH]c2=O)C(F)C1OP(OCCCCSSC(C)(C)C(=O)N1CCCCC1)N(C(C)C)C(C)C. The van der Waals surface area contributed by atoms with Crippen LogP contribution in [0.4, 0.5) is 4.39 Å². The first kappa shape index (κ1) is 33.9. The van der Waals surface area contributed by atoms with Crippen molar-refractivity contribution in [2.24, 2.45) is 0 Å². The number of alkyl halides is 1. The van der Waals surface area contributed by atoms with Crippen molar-refractivity contribution in [3.05, 3.63) is 33.1 Å². The van der Waals surface area contributed by atoms with Gasteiger partial charge in [-0.2, -0.15) is 0 Å². The summed E-state index contributed by atoms with van der Waals surface area (Å²) >= 11 is 0. The molecule has 3 rings (SSSR count). The molecule has 10 nitrogen and oxygen atoms in total. The van der Waals surface area contributed by atoms with E-state index in [2.05, 4.69) is 9.65 Å². The van der Waals surface area contributed by atoms with E-state index in [1.165, 1.54) is 12.6 Å². The molecule has 5 unspecified atom stereocenters. The Balaban J connectivity index is 1.56. The monoisotopic (exact) mass is 651 g/mol. The van der Waals surface area contributed by atoms with Gasteiger partial charge in [0.25, 0.3) is 14.1 Å². The van der Waals surface area contributed by atoms with Crippen molar-refractivity contribution in [1.29, 1.82) is 0 Å². The first-order chi connectivity index (χ1) is 20.4. The molecule has 3 heterocycles. The van der Waals surface area contributed by atoms with Crippen LogP contribution in [-0.4, -0.2) is 85.7 Å². The Morgan fingerprint density at radius 2 is 1.93 bits per heavy atom. The number of H-pyrrole nitrogens is 1. The number of carbonyl (C=O) groups excluding carboxylic acids is 1. The van der Waals surface area contributed by atoms with Crippen LogP contribution in [0.25, 0.3) is 0 Å². The Bertz CT molecular complexity index is 1130. The zero-order valence-corrected chi connectivity index (χ0v) is 28.2. The second-order valence-electron chi connectivity index (χ2n) is 11.7. The van der Waals surface area contributed by atoms with Gasteiger partial charge in [-0.1, -0.05) is 21.6 Å². The van der Waals surface area contributed by atoms with E-state index in [0.29, 0.717) is 6.61 Å². The molecule has 2 fully saturated rings. The van der Waals surface area contributed by atoms with Crippen molar-refractivity contribution < 1.29 is 24.3 Å². The molecule has 0 radical (unpaired) electrons. The van der Waals surface area contributed by atoms with E-state index in [1.54, 1.807) is 21.6 Å². The summed E-state index contributed by atoms with van der Waals surface area (Å²) in [7, 11) is 1.61. The van der Waals surface area contributed by atoms with Crippen LogP contribution in [0.3, 0.4) is 0 Å². The fourth-order valence-corrected chi connectivity index (χ4v) is 9.41. The Morgan fingerprint density at radius 3 is 2.55 bits per heavy atom. The van der Waals surface area contributed by atoms with Gasteiger partial charge in [-0.15, -0.1) is 0 Å². The average Bonchev–Trinajstić information content (AvgIpc) is 3.26. The lowest BCUT2D eigenvalue weighted by atomic mass is 10.1. The molecule has 0 saturated carbocycles. The first-order valence-electron chi connectivity index (χ1n) is 15.5. The lowest BCUT2D eigenvalue weighted by Crippen LogP contribution is -2.45. The molecule has 14 heteroatoms. The fourth-order valence-electron chi connectivity index (χ4n) is 5.01. The quantitative estimate of drug-likeness (QED) is 0.150. The number of carbonyl (C=O) groups is 1. The van der Waals surface area contributed by atoms with Crippen LogP contribution < -0.4 is 11.2 Å². The van der Waals surface area contributed by atoms with Crippen molar-refractivity contribution >= 4 is 36.0 Å². The highest BCUT2D eigenvalue weighted by Crippen LogP contribution is 2.50. The average molecular weight is 652 g/mol. The summed E-state index contributed by atoms with van der Waals surface area (Å²) in [5.41, 5.74) is -1.38. The Hall–Kier alpha value is -0.950. The van der Waals surface area contributed by atoms with Crippen molar-refractivity contribution in [2.75, 3.05) is 25.4 Å². The van der Waals surface area contributed by atoms with Crippen LogP contribution in [0.2, 0.25) is 0 Å². The summed E-state index contributed by atoms with van der Waals surface area (Å²) < 4.78 is 44.6. The highest BCUT2D eigenvalue weighted by atomic mass is 33.1. The Kier molecular flexibility index (Phi) is 13.2. The summed E-state index contributed by atoms with van der Waals surface area (Å²) in [6.45, 7) is 13.9. The summed E-state index contributed by atoms with van der Waals surface area (Å²) in [6, 6.07) is 1.22. The third-order valence-corrected chi connectivity index (χ3v) is 12.5. The van der Waals surface area contributed by atoms with E-state index < -0.39 is 49.1 Å². The number of ether oxygens (including phenoxy) is 1. The van der Waals surface area contributed by atoms with Crippen LogP contribution in [0.15, 0.2) is 21.9 Å². The van der Waals surface area contributed by atoms with E-state index in [-0.39, 0.29) is 24.9 Å². The minimum atomic E-state index is -1.75. The lowest BCUT2D eigenvalue weighted by Gasteiger charge is -2.37. The number of unbranched alkanes of at least 4 members (excludes halogenated alkanes) is 1. The predicted octanol–water partition coefficient (Wildman–Crippen LogP) is 5.49. The Morgan fingerprint density at radius 1 is 1.24 bits per heavy atom. The maximum Gasteiger partial charge on any atom is 0.330 e. The summed E-state index contributed by atoms with van der Waals surface area (Å²) in [6.07, 6.45) is 1.06. The van der Waals surface area contributed by atoms with E-state index in [0.717, 1.165) is 55.2 Å². The number of nitrogens with zero attached hydrogens (tertiary/aromatic N) is 3. The third kappa shape index (κ3) is 9.52. The molecule has 0 bridgehead atoms. The van der Waals surface area contributed by atoms with Crippen LogP contribution in [0.5, 0.6) is 0 Å². The van der Waals surface area contributed by atoms with Crippen molar-refractivity contribution in [3.8, 4) is 0 Å². The molecule has 240 valence electrons. The number of amides is 1. The second-order valence-corrected chi connectivity index (χ2v) is 16.2. The van der Waals surface area contributed by atoms with Gasteiger partial charge in [0, 0.05) is 44.6 Å². The van der Waals surface area contributed by atoms with Gasteiger partial charge in [0.15, 0.2) is 12.4 Å². The Labute approximate surface area is 259 Å². The van der Waals surface area contributed by atoms with Crippen molar-refractivity contribution in [3.63, 3.8) is 0 Å². The van der Waals surface area contributed by atoms with Gasteiger partial charge in [0.05, 0.1) is 17.5 Å². The molecule has 2 saturated heterocycles. The van der Waals surface area contributed by atoms with Crippen molar-refractivity contribution in [1.82, 2.24) is 19.1 Å². The molecule has 0 spiro atoms. The number of hydrogen-bond acceptors (Lipinski definition) is 9. The molecule has 2 aliphatic rings. The zero-order valence-electron chi connectivity index (χ0n) is 26.6. The van der Waals surface area contributed by atoms with Crippen molar-refractivity contribution in [2.45, 2.75) is 122 Å². The highest BCUT2D eigenvalue weighted by molar-refractivity contribution is 8.77. The number of nitrogens with one attached hydrogen (secondary N) is 1. The minimum absolute atomic E-state index is 0.0465. The van der Waals surface area contributed by atoms with Gasteiger partial charge in [-0.25, -0.2) is 13.9 Å². The standard InChI is InChI=1S/C28H48FN4O6PS2/c1-19(2)33(20(3)4)40(39-24-21(5)38-25(23(24)29)32-16-13-22(34)30-27(32)36)37-17-11-12-18-41-42-28(6,7)26(35)31-14-9-8-10-15-31/h13,16,19-21,23-25H,8-12,14-15,17-18H2,1-7H3,(H,30,34,36)/i5D. The predicted molar refractivity (Wildman–Crippen MR) is 169 cm³/mol. The number of aromatic amines is 1. The minimum Gasteiger partial charge on any atom is -0.349 e. The van der Waals surface area contributed by atoms with Gasteiger partial charge in [-0.3, -0.25) is 19.1 Å². The number of hydrogen-bond donors (Lipinski definition) is 1. The van der Waals surface area contributed by atoms with Gasteiger partial charge >= 0.3 is 5.69 Å². The number of aromatic nitrogens is 2. The summed E-state index contributed by atoms with van der Waals surface area (Å²) in [5.74, 6) is 1.07.